The fourth-order valence-electron chi connectivity index (χ4n) is 4.49. The first kappa shape index (κ1) is 37.3. The van der Waals surface area contributed by atoms with Crippen LogP contribution in [0.5, 0.6) is 11.5 Å². The number of ether oxygens (including phenoxy) is 6. The largest absolute Gasteiger partial charge is 0.489 e. The van der Waals surface area contributed by atoms with E-state index < -0.39 is 0 Å². The van der Waals surface area contributed by atoms with E-state index in [1.807, 2.05) is 70.1 Å². The monoisotopic (exact) mass is 757 g/mol. The lowest BCUT2D eigenvalue weighted by Crippen LogP contribution is -2.31. The second kappa shape index (κ2) is 21.3. The molecule has 0 unspecified atom stereocenters. The minimum Gasteiger partial charge on any atom is -0.489 e. The van der Waals surface area contributed by atoms with Crippen LogP contribution < -0.4 is 9.47 Å². The van der Waals surface area contributed by atoms with Gasteiger partial charge in [-0.25, -0.2) is 9.59 Å². The van der Waals surface area contributed by atoms with Crippen molar-refractivity contribution in [3.63, 3.8) is 0 Å². The summed E-state index contributed by atoms with van der Waals surface area (Å²) in [6.07, 6.45) is 2.44. The van der Waals surface area contributed by atoms with E-state index in [-0.39, 0.29) is 38.6 Å². The molecule has 0 aliphatic rings. The number of carbonyl (C=O) groups excluding carboxylic acids is 2. The van der Waals surface area contributed by atoms with Crippen LogP contribution in [0.4, 0.5) is 9.59 Å². The fraction of sp³-hybridized carbons (Fsp3) is 0.343. The topological polar surface area (TPSA) is 109 Å². The maximum atomic E-state index is 12.8. The molecule has 5 heterocycles. The summed E-state index contributed by atoms with van der Waals surface area (Å²) in [6, 6.07) is 17.7. The standard InChI is InChI=1S/C35H39N3O8S4/c39-34(37(24-30-5-1-17-47-30)25-31-6-2-18-48-31)45-15-11-41-9-13-43-28-21-29(23-36-22-28)44-14-10-42-12-16-46-35(40)38(26-32-7-3-19-49-32)27-33-8-4-20-50-33/h1-8,17-23H,9-16,24-27H2. The third-order valence-electron chi connectivity index (χ3n) is 6.81. The second-order valence-corrected chi connectivity index (χ2v) is 14.7. The Labute approximate surface area is 307 Å². The highest BCUT2D eigenvalue weighted by Gasteiger charge is 2.18. The van der Waals surface area contributed by atoms with E-state index in [0.717, 1.165) is 19.5 Å². The van der Waals surface area contributed by atoms with E-state index in [9.17, 15) is 9.59 Å². The number of thiophene rings is 4. The van der Waals surface area contributed by atoms with Crippen molar-refractivity contribution in [3.05, 3.63) is 108 Å². The summed E-state index contributed by atoms with van der Waals surface area (Å²) < 4.78 is 33.6. The summed E-state index contributed by atoms with van der Waals surface area (Å²) >= 11 is 6.44. The molecule has 0 atom stereocenters. The first-order valence-electron chi connectivity index (χ1n) is 15.9. The lowest BCUT2D eigenvalue weighted by molar-refractivity contribution is 0.0422. The van der Waals surface area contributed by atoms with Gasteiger partial charge in [0.2, 0.25) is 0 Å². The third kappa shape index (κ3) is 13.4. The highest BCUT2D eigenvalue weighted by atomic mass is 32.1. The molecule has 2 amide bonds. The molecule has 0 bridgehead atoms. The van der Waals surface area contributed by atoms with Gasteiger partial charge in [0.25, 0.3) is 0 Å². The Morgan fingerprint density at radius 3 is 1.22 bits per heavy atom. The summed E-state index contributed by atoms with van der Waals surface area (Å²) in [4.78, 5) is 37.5. The summed E-state index contributed by atoms with van der Waals surface area (Å²) in [5, 5.41) is 7.98. The number of hydrogen-bond donors (Lipinski definition) is 0. The molecule has 0 saturated heterocycles. The molecule has 11 nitrogen and oxygen atoms in total. The van der Waals surface area contributed by atoms with Gasteiger partial charge < -0.3 is 28.4 Å². The minimum atomic E-state index is -0.374. The zero-order chi connectivity index (χ0) is 34.6. The molecule has 0 aliphatic carbocycles. The Hall–Kier alpha value is -3.99. The minimum absolute atomic E-state index is 0.142. The average Bonchev–Trinajstić information content (AvgIpc) is 3.97. The molecular formula is C35H39N3O8S4. The lowest BCUT2D eigenvalue weighted by atomic mass is 10.4. The van der Waals surface area contributed by atoms with Crippen molar-refractivity contribution in [1.82, 2.24) is 14.8 Å². The molecule has 50 heavy (non-hydrogen) atoms. The summed E-state index contributed by atoms with van der Waals surface area (Å²) in [7, 11) is 0. The summed E-state index contributed by atoms with van der Waals surface area (Å²) in [5.74, 6) is 1.08. The van der Waals surface area contributed by atoms with Crippen molar-refractivity contribution in [3.8, 4) is 11.5 Å². The maximum Gasteiger partial charge on any atom is 0.410 e. The highest BCUT2D eigenvalue weighted by molar-refractivity contribution is 7.10. The molecule has 0 N–H and O–H groups in total. The van der Waals surface area contributed by atoms with Crippen molar-refractivity contribution in [2.45, 2.75) is 26.2 Å². The quantitative estimate of drug-likeness (QED) is 0.0654. The van der Waals surface area contributed by atoms with Gasteiger partial charge in [-0.1, -0.05) is 24.3 Å². The molecule has 5 aromatic heterocycles. The summed E-state index contributed by atoms with van der Waals surface area (Å²) in [6.45, 7) is 4.00. The van der Waals surface area contributed by atoms with Crippen molar-refractivity contribution in [2.75, 3.05) is 52.9 Å². The van der Waals surface area contributed by atoms with Crippen LogP contribution in [0.2, 0.25) is 0 Å². The first-order chi connectivity index (χ1) is 24.6. The number of carbonyl (C=O) groups is 2. The molecule has 0 aliphatic heterocycles. The molecule has 0 spiro atoms. The average molecular weight is 758 g/mol. The van der Waals surface area contributed by atoms with Gasteiger partial charge >= 0.3 is 12.2 Å². The van der Waals surface area contributed by atoms with Crippen LogP contribution in [-0.2, 0) is 45.1 Å². The number of amides is 2. The molecule has 266 valence electrons. The van der Waals surface area contributed by atoms with Crippen LogP contribution in [0.25, 0.3) is 0 Å². The van der Waals surface area contributed by atoms with E-state index in [0.29, 0.717) is 64.1 Å². The van der Waals surface area contributed by atoms with Gasteiger partial charge in [0.05, 0.1) is 65.0 Å². The van der Waals surface area contributed by atoms with Crippen LogP contribution in [0.15, 0.2) is 88.5 Å². The van der Waals surface area contributed by atoms with Gasteiger partial charge in [0.15, 0.2) is 0 Å². The maximum absolute atomic E-state index is 12.8. The smallest absolute Gasteiger partial charge is 0.410 e. The Morgan fingerprint density at radius 1 is 0.520 bits per heavy atom. The van der Waals surface area contributed by atoms with E-state index in [2.05, 4.69) is 4.98 Å². The number of rotatable bonds is 22. The molecule has 0 fully saturated rings. The Bertz CT molecular complexity index is 1440. The molecular weight excluding hydrogens is 719 g/mol. The number of aromatic nitrogens is 1. The summed E-state index contributed by atoms with van der Waals surface area (Å²) in [5.41, 5.74) is 0. The zero-order valence-corrected chi connectivity index (χ0v) is 30.7. The first-order valence-corrected chi connectivity index (χ1v) is 19.4. The predicted octanol–water partition coefficient (Wildman–Crippen LogP) is 7.80. The van der Waals surface area contributed by atoms with Gasteiger partial charge in [-0.05, 0) is 45.8 Å². The van der Waals surface area contributed by atoms with E-state index >= 15 is 0 Å². The zero-order valence-electron chi connectivity index (χ0n) is 27.4. The van der Waals surface area contributed by atoms with Crippen molar-refractivity contribution >= 4 is 57.5 Å². The SMILES string of the molecule is O=C(OCCOCCOc1cncc(OCCOCCOC(=O)N(Cc2cccs2)Cc2cccs2)c1)N(Cc1cccs1)Cc1cccs1. The second-order valence-electron chi connectivity index (χ2n) is 10.5. The number of hydrogen-bond acceptors (Lipinski definition) is 13. The Balaban J connectivity index is 0.903. The molecule has 15 heteroatoms. The van der Waals surface area contributed by atoms with Gasteiger partial charge in [-0.2, -0.15) is 0 Å². The van der Waals surface area contributed by atoms with Crippen molar-refractivity contribution in [1.29, 1.82) is 0 Å². The van der Waals surface area contributed by atoms with Crippen molar-refractivity contribution < 1.29 is 38.0 Å². The lowest BCUT2D eigenvalue weighted by Gasteiger charge is -2.21. The molecule has 0 saturated carbocycles. The highest BCUT2D eigenvalue weighted by Crippen LogP contribution is 2.20. The number of nitrogens with zero attached hydrogens (tertiary/aromatic N) is 3. The van der Waals surface area contributed by atoms with Crippen LogP contribution in [0.1, 0.15) is 19.5 Å². The molecule has 5 rings (SSSR count). The van der Waals surface area contributed by atoms with E-state index in [4.69, 9.17) is 28.4 Å². The van der Waals surface area contributed by atoms with Gasteiger partial charge in [-0.3, -0.25) is 14.8 Å². The number of pyridine rings is 1. The molecule has 0 radical (unpaired) electrons. The van der Waals surface area contributed by atoms with E-state index in [1.165, 1.54) is 0 Å². The molecule has 5 aromatic rings. The Kier molecular flexibility index (Phi) is 15.9. The normalized spacial score (nSPS) is 10.9. The van der Waals surface area contributed by atoms with Crippen LogP contribution in [0.3, 0.4) is 0 Å². The van der Waals surface area contributed by atoms with E-state index in [1.54, 1.807) is 73.6 Å². The van der Waals surface area contributed by atoms with Crippen LogP contribution in [-0.4, -0.2) is 79.8 Å². The van der Waals surface area contributed by atoms with Crippen LogP contribution in [0, 0.1) is 0 Å². The molecule has 0 aromatic carbocycles. The van der Waals surface area contributed by atoms with Gasteiger partial charge in [-0.15, -0.1) is 45.3 Å². The Morgan fingerprint density at radius 2 is 0.880 bits per heavy atom. The van der Waals surface area contributed by atoms with Gasteiger partial charge in [0.1, 0.15) is 37.9 Å². The third-order valence-corrected chi connectivity index (χ3v) is 10.3. The predicted molar refractivity (Wildman–Crippen MR) is 195 cm³/mol. The van der Waals surface area contributed by atoms with Crippen LogP contribution >= 0.6 is 45.3 Å². The van der Waals surface area contributed by atoms with Gasteiger partial charge in [0, 0.05) is 25.6 Å². The van der Waals surface area contributed by atoms with Crippen molar-refractivity contribution in [2.24, 2.45) is 0 Å². The fourth-order valence-corrected chi connectivity index (χ4v) is 7.37.